The minimum absolute atomic E-state index is 0.222. The van der Waals surface area contributed by atoms with Crippen LogP contribution in [0.25, 0.3) is 0 Å². The molecule has 1 fully saturated rings. The van der Waals surface area contributed by atoms with Crippen LogP contribution in [0.2, 0.25) is 5.02 Å². The monoisotopic (exact) mass is 297 g/mol. The molecule has 108 valence electrons. The Bertz CT molecular complexity index is 509. The maximum Gasteiger partial charge on any atom is 0.322 e. The van der Waals surface area contributed by atoms with Crippen molar-refractivity contribution in [3.05, 3.63) is 29.3 Å². The average molecular weight is 298 g/mol. The van der Waals surface area contributed by atoms with E-state index < -0.39 is 6.04 Å². The van der Waals surface area contributed by atoms with Crippen molar-refractivity contribution in [3.8, 4) is 0 Å². The summed E-state index contributed by atoms with van der Waals surface area (Å²) in [6.07, 6.45) is 0. The van der Waals surface area contributed by atoms with Gasteiger partial charge >= 0.3 is 6.03 Å². The summed E-state index contributed by atoms with van der Waals surface area (Å²) < 4.78 is 4.85. The molecular formula is C13H16ClN3O3. The van der Waals surface area contributed by atoms with Crippen LogP contribution in [0.4, 0.5) is 10.5 Å². The minimum Gasteiger partial charge on any atom is -0.383 e. The Balaban J connectivity index is 1.98. The number of nitrogens with zero attached hydrogens (tertiary/aromatic N) is 1. The van der Waals surface area contributed by atoms with Gasteiger partial charge in [0.15, 0.2) is 0 Å². The molecule has 0 aliphatic carbocycles. The van der Waals surface area contributed by atoms with E-state index in [1.165, 1.54) is 4.90 Å². The Morgan fingerprint density at radius 3 is 3.10 bits per heavy atom. The lowest BCUT2D eigenvalue weighted by Crippen LogP contribution is -2.43. The van der Waals surface area contributed by atoms with Gasteiger partial charge in [-0.15, -0.1) is 0 Å². The fourth-order valence-corrected chi connectivity index (χ4v) is 2.14. The van der Waals surface area contributed by atoms with Gasteiger partial charge in [0, 0.05) is 24.4 Å². The molecule has 0 aromatic heterocycles. The Morgan fingerprint density at radius 2 is 2.40 bits per heavy atom. The Hall–Kier alpha value is -1.79. The molecule has 6 nitrogen and oxygen atoms in total. The lowest BCUT2D eigenvalue weighted by Gasteiger charge is -2.14. The molecule has 2 rings (SSSR count). The van der Waals surface area contributed by atoms with Crippen LogP contribution in [0.3, 0.4) is 0 Å². The van der Waals surface area contributed by atoms with Gasteiger partial charge in [-0.3, -0.25) is 9.69 Å². The van der Waals surface area contributed by atoms with Crippen LogP contribution in [0.15, 0.2) is 24.3 Å². The van der Waals surface area contributed by atoms with E-state index in [0.29, 0.717) is 23.9 Å². The molecule has 1 aliphatic heterocycles. The standard InChI is InChI=1S/C13H16ClN3O3/c1-20-6-5-15-12(18)11-8-17(13(19)16-11)10-4-2-3-9(14)7-10/h2-4,7,11H,5-6,8H2,1H3,(H,15,18)(H,16,19). The highest BCUT2D eigenvalue weighted by Crippen LogP contribution is 2.22. The number of amides is 3. The Labute approximate surface area is 122 Å². The highest BCUT2D eigenvalue weighted by atomic mass is 35.5. The van der Waals surface area contributed by atoms with Crippen molar-refractivity contribution >= 4 is 29.2 Å². The van der Waals surface area contributed by atoms with Gasteiger partial charge < -0.3 is 15.4 Å². The second-order valence-corrected chi connectivity index (χ2v) is 4.81. The molecule has 1 unspecified atom stereocenters. The van der Waals surface area contributed by atoms with Crippen LogP contribution in [-0.4, -0.2) is 44.8 Å². The third-order valence-electron chi connectivity index (χ3n) is 2.95. The third kappa shape index (κ3) is 3.40. The number of nitrogens with one attached hydrogen (secondary N) is 2. The molecule has 1 aromatic carbocycles. The van der Waals surface area contributed by atoms with Gasteiger partial charge in [-0.05, 0) is 18.2 Å². The fourth-order valence-electron chi connectivity index (χ4n) is 1.95. The number of ether oxygens (including phenoxy) is 1. The van der Waals surface area contributed by atoms with Crippen molar-refractivity contribution in [1.82, 2.24) is 10.6 Å². The SMILES string of the molecule is COCCNC(=O)C1CN(c2cccc(Cl)c2)C(=O)N1. The number of carbonyl (C=O) groups is 2. The summed E-state index contributed by atoms with van der Waals surface area (Å²) in [7, 11) is 1.56. The minimum atomic E-state index is -0.571. The number of rotatable bonds is 5. The topological polar surface area (TPSA) is 70.7 Å². The van der Waals surface area contributed by atoms with Crippen LogP contribution in [0.1, 0.15) is 0 Å². The number of urea groups is 1. The van der Waals surface area contributed by atoms with Gasteiger partial charge in [0.25, 0.3) is 0 Å². The van der Waals surface area contributed by atoms with Crippen molar-refractivity contribution in [2.75, 3.05) is 31.7 Å². The van der Waals surface area contributed by atoms with Crippen LogP contribution < -0.4 is 15.5 Å². The first-order valence-electron chi connectivity index (χ1n) is 6.22. The third-order valence-corrected chi connectivity index (χ3v) is 3.18. The van der Waals surface area contributed by atoms with Crippen molar-refractivity contribution in [2.45, 2.75) is 6.04 Å². The van der Waals surface area contributed by atoms with E-state index in [1.54, 1.807) is 31.4 Å². The van der Waals surface area contributed by atoms with E-state index in [9.17, 15) is 9.59 Å². The molecule has 1 heterocycles. The summed E-state index contributed by atoms with van der Waals surface area (Å²) in [5.74, 6) is -0.222. The molecule has 1 aliphatic rings. The molecule has 3 amide bonds. The highest BCUT2D eigenvalue weighted by molar-refractivity contribution is 6.30. The summed E-state index contributed by atoms with van der Waals surface area (Å²) in [6.45, 7) is 1.13. The van der Waals surface area contributed by atoms with E-state index in [0.717, 1.165) is 0 Å². The summed E-state index contributed by atoms with van der Waals surface area (Å²) in [6, 6.07) is 6.07. The van der Waals surface area contributed by atoms with Crippen molar-refractivity contribution in [3.63, 3.8) is 0 Å². The zero-order valence-corrected chi connectivity index (χ0v) is 11.8. The van der Waals surface area contributed by atoms with E-state index in [4.69, 9.17) is 16.3 Å². The van der Waals surface area contributed by atoms with Gasteiger partial charge in [-0.1, -0.05) is 17.7 Å². The van der Waals surface area contributed by atoms with E-state index in [1.807, 2.05) is 0 Å². The predicted molar refractivity (Wildman–Crippen MR) is 76.0 cm³/mol. The molecule has 0 spiro atoms. The summed E-state index contributed by atoms with van der Waals surface area (Å²) >= 11 is 5.90. The predicted octanol–water partition coefficient (Wildman–Crippen LogP) is 1.00. The van der Waals surface area contributed by atoms with E-state index >= 15 is 0 Å². The van der Waals surface area contributed by atoms with Crippen LogP contribution in [-0.2, 0) is 9.53 Å². The summed E-state index contributed by atoms with van der Waals surface area (Å²) in [5, 5.41) is 5.88. The van der Waals surface area contributed by atoms with Crippen LogP contribution >= 0.6 is 11.6 Å². The average Bonchev–Trinajstić information content (AvgIpc) is 2.81. The van der Waals surface area contributed by atoms with Crippen LogP contribution in [0, 0.1) is 0 Å². The molecule has 1 atom stereocenters. The molecule has 20 heavy (non-hydrogen) atoms. The maximum atomic E-state index is 11.9. The second kappa shape index (κ2) is 6.58. The van der Waals surface area contributed by atoms with E-state index in [2.05, 4.69) is 10.6 Å². The second-order valence-electron chi connectivity index (χ2n) is 4.38. The molecule has 0 saturated carbocycles. The summed E-state index contributed by atoms with van der Waals surface area (Å²) in [5.41, 5.74) is 0.669. The number of hydrogen-bond donors (Lipinski definition) is 2. The zero-order valence-electron chi connectivity index (χ0n) is 11.1. The molecule has 1 aromatic rings. The molecule has 2 N–H and O–H groups in total. The maximum absolute atomic E-state index is 11.9. The van der Waals surface area contributed by atoms with Crippen molar-refractivity contribution < 1.29 is 14.3 Å². The van der Waals surface area contributed by atoms with Crippen molar-refractivity contribution in [1.29, 1.82) is 0 Å². The molecule has 0 bridgehead atoms. The Kier molecular flexibility index (Phi) is 4.81. The van der Waals surface area contributed by atoms with Gasteiger partial charge in [0.05, 0.1) is 13.2 Å². The van der Waals surface area contributed by atoms with Crippen LogP contribution in [0.5, 0.6) is 0 Å². The smallest absolute Gasteiger partial charge is 0.322 e. The molecule has 7 heteroatoms. The number of methoxy groups -OCH3 is 1. The lowest BCUT2D eigenvalue weighted by molar-refractivity contribution is -0.122. The molecule has 1 saturated heterocycles. The Morgan fingerprint density at radius 1 is 1.60 bits per heavy atom. The summed E-state index contributed by atoms with van der Waals surface area (Å²) in [4.78, 5) is 25.3. The largest absolute Gasteiger partial charge is 0.383 e. The number of anilines is 1. The quantitative estimate of drug-likeness (QED) is 0.797. The number of carbonyl (C=O) groups excluding carboxylic acids is 2. The zero-order chi connectivity index (χ0) is 14.5. The number of benzene rings is 1. The van der Waals surface area contributed by atoms with Gasteiger partial charge in [0.1, 0.15) is 6.04 Å². The molecule has 0 radical (unpaired) electrons. The van der Waals surface area contributed by atoms with Gasteiger partial charge in [0.2, 0.25) is 5.91 Å². The van der Waals surface area contributed by atoms with Gasteiger partial charge in [-0.25, -0.2) is 4.79 Å². The fraction of sp³-hybridized carbons (Fsp3) is 0.385. The molecular weight excluding hydrogens is 282 g/mol. The highest BCUT2D eigenvalue weighted by Gasteiger charge is 2.34. The lowest BCUT2D eigenvalue weighted by atomic mass is 10.2. The van der Waals surface area contributed by atoms with E-state index in [-0.39, 0.29) is 18.5 Å². The van der Waals surface area contributed by atoms with Crippen molar-refractivity contribution in [2.24, 2.45) is 0 Å². The van der Waals surface area contributed by atoms with Gasteiger partial charge in [-0.2, -0.15) is 0 Å². The first-order chi connectivity index (χ1) is 9.61. The number of hydrogen-bond acceptors (Lipinski definition) is 3. The first-order valence-corrected chi connectivity index (χ1v) is 6.60. The normalized spacial score (nSPS) is 18.0. The number of halogens is 1. The first kappa shape index (κ1) is 14.6.